The zero-order valence-corrected chi connectivity index (χ0v) is 11.6. The van der Waals surface area contributed by atoms with E-state index in [2.05, 4.69) is 21.2 Å². The van der Waals surface area contributed by atoms with Gasteiger partial charge in [-0.3, -0.25) is 4.79 Å². The van der Waals surface area contributed by atoms with Gasteiger partial charge in [-0.1, -0.05) is 33.6 Å². The lowest BCUT2D eigenvalue weighted by Crippen LogP contribution is -2.35. The number of rotatable bonds is 5. The Balaban J connectivity index is 2.15. The summed E-state index contributed by atoms with van der Waals surface area (Å²) in [5.41, 5.74) is 6.15. The normalized spacial score (nSPS) is 16.8. The van der Waals surface area contributed by atoms with Gasteiger partial charge in [0, 0.05) is 9.50 Å². The third-order valence-electron chi connectivity index (χ3n) is 2.87. The molecule has 1 fully saturated rings. The fourth-order valence-electron chi connectivity index (χ4n) is 1.71. The first-order valence-electron chi connectivity index (χ1n) is 5.55. The van der Waals surface area contributed by atoms with E-state index >= 15 is 0 Å². The van der Waals surface area contributed by atoms with Gasteiger partial charge in [0.05, 0.1) is 0 Å². The van der Waals surface area contributed by atoms with Gasteiger partial charge in [0.25, 0.3) is 0 Å². The van der Waals surface area contributed by atoms with E-state index in [1.54, 1.807) is 6.07 Å². The van der Waals surface area contributed by atoms with E-state index in [0.29, 0.717) is 10.9 Å². The minimum Gasteiger partial charge on any atom is -0.368 e. The molecule has 0 bridgehead atoms. The molecular formula is C12H14BrClN2O. The summed E-state index contributed by atoms with van der Waals surface area (Å²) in [6.45, 7) is 0.819. The molecule has 3 nitrogen and oxygen atoms in total. The summed E-state index contributed by atoms with van der Waals surface area (Å²) in [4.78, 5) is 11.5. The Morgan fingerprint density at radius 3 is 2.82 bits per heavy atom. The van der Waals surface area contributed by atoms with Crippen molar-refractivity contribution >= 4 is 33.4 Å². The third kappa shape index (κ3) is 3.44. The first kappa shape index (κ1) is 12.9. The predicted octanol–water partition coefficient (Wildman–Crippen LogP) is 2.63. The highest BCUT2D eigenvalue weighted by molar-refractivity contribution is 9.10. The predicted molar refractivity (Wildman–Crippen MR) is 71.8 cm³/mol. The van der Waals surface area contributed by atoms with Crippen LogP contribution in [-0.4, -0.2) is 12.5 Å². The number of carbonyl (C=O) groups excluding carboxylic acids is 1. The van der Waals surface area contributed by atoms with Crippen LogP contribution in [0.3, 0.4) is 0 Å². The van der Waals surface area contributed by atoms with Crippen molar-refractivity contribution in [3.63, 3.8) is 0 Å². The van der Waals surface area contributed by atoms with E-state index in [1.165, 1.54) is 12.8 Å². The highest BCUT2D eigenvalue weighted by Gasteiger charge is 2.25. The van der Waals surface area contributed by atoms with Crippen LogP contribution < -0.4 is 11.1 Å². The highest BCUT2D eigenvalue weighted by atomic mass is 79.9. The standard InChI is InChI=1S/C12H14BrClN2O/c13-8-3-4-9(10(14)5-8)11(12(15)17)16-6-7-1-2-7/h3-5,7,11,16H,1-2,6H2,(H2,15,17). The maximum atomic E-state index is 11.5. The average molecular weight is 318 g/mol. The molecule has 1 saturated carbocycles. The summed E-state index contributed by atoms with van der Waals surface area (Å²) in [6.07, 6.45) is 2.46. The lowest BCUT2D eigenvalue weighted by atomic mass is 10.1. The maximum absolute atomic E-state index is 11.5. The van der Waals surface area contributed by atoms with E-state index in [1.807, 2.05) is 12.1 Å². The van der Waals surface area contributed by atoms with Crippen LogP contribution >= 0.6 is 27.5 Å². The van der Waals surface area contributed by atoms with Gasteiger partial charge in [-0.2, -0.15) is 0 Å². The Labute approximate surface area is 114 Å². The number of halogens is 2. The second-order valence-electron chi connectivity index (χ2n) is 4.35. The zero-order chi connectivity index (χ0) is 12.4. The molecule has 3 N–H and O–H groups in total. The number of hydrogen-bond donors (Lipinski definition) is 2. The number of nitrogens with one attached hydrogen (secondary N) is 1. The Kier molecular flexibility index (Phi) is 4.07. The topological polar surface area (TPSA) is 55.1 Å². The minimum atomic E-state index is -0.504. The SMILES string of the molecule is NC(=O)C(NCC1CC1)c1ccc(Br)cc1Cl. The van der Waals surface area contributed by atoms with Crippen LogP contribution in [0.1, 0.15) is 24.4 Å². The van der Waals surface area contributed by atoms with Gasteiger partial charge in [0.1, 0.15) is 6.04 Å². The molecule has 0 aromatic heterocycles. The van der Waals surface area contributed by atoms with E-state index in [4.69, 9.17) is 17.3 Å². The molecule has 0 radical (unpaired) electrons. The molecule has 5 heteroatoms. The van der Waals surface area contributed by atoms with Gasteiger partial charge in [-0.15, -0.1) is 0 Å². The molecular weight excluding hydrogens is 304 g/mol. The molecule has 0 aliphatic heterocycles. The molecule has 1 aliphatic carbocycles. The monoisotopic (exact) mass is 316 g/mol. The Bertz CT molecular complexity index is 435. The van der Waals surface area contributed by atoms with Crippen molar-refractivity contribution in [2.24, 2.45) is 11.7 Å². The smallest absolute Gasteiger partial charge is 0.239 e. The molecule has 1 aromatic rings. The number of amides is 1. The number of primary amides is 1. The van der Waals surface area contributed by atoms with E-state index in [0.717, 1.165) is 16.6 Å². The second-order valence-corrected chi connectivity index (χ2v) is 5.68. The van der Waals surface area contributed by atoms with Crippen LogP contribution in [0.4, 0.5) is 0 Å². The third-order valence-corrected chi connectivity index (χ3v) is 3.69. The summed E-state index contributed by atoms with van der Waals surface area (Å²) in [5.74, 6) is 0.293. The van der Waals surface area contributed by atoms with Crippen LogP contribution in [0, 0.1) is 5.92 Å². The summed E-state index contributed by atoms with van der Waals surface area (Å²) < 4.78 is 0.886. The van der Waals surface area contributed by atoms with Crippen LogP contribution in [-0.2, 0) is 4.79 Å². The van der Waals surface area contributed by atoms with Crippen molar-refractivity contribution in [3.8, 4) is 0 Å². The van der Waals surface area contributed by atoms with Crippen molar-refractivity contribution < 1.29 is 4.79 Å². The Morgan fingerprint density at radius 1 is 1.59 bits per heavy atom. The molecule has 1 amide bonds. The molecule has 2 rings (SSSR count). The number of benzene rings is 1. The zero-order valence-electron chi connectivity index (χ0n) is 9.25. The van der Waals surface area contributed by atoms with Crippen LogP contribution in [0.15, 0.2) is 22.7 Å². The number of hydrogen-bond acceptors (Lipinski definition) is 2. The van der Waals surface area contributed by atoms with Crippen LogP contribution in [0.25, 0.3) is 0 Å². The molecule has 1 aromatic carbocycles. The van der Waals surface area contributed by atoms with Crippen LogP contribution in [0.5, 0.6) is 0 Å². The quantitative estimate of drug-likeness (QED) is 0.877. The summed E-state index contributed by atoms with van der Waals surface area (Å²) in [6, 6.07) is 4.94. The van der Waals surface area contributed by atoms with E-state index in [9.17, 15) is 4.79 Å². The second kappa shape index (κ2) is 5.38. The number of nitrogens with two attached hydrogens (primary N) is 1. The van der Waals surface area contributed by atoms with E-state index < -0.39 is 11.9 Å². The molecule has 17 heavy (non-hydrogen) atoms. The fraction of sp³-hybridized carbons (Fsp3) is 0.417. The highest BCUT2D eigenvalue weighted by Crippen LogP contribution is 2.30. The first-order valence-corrected chi connectivity index (χ1v) is 6.72. The molecule has 0 heterocycles. The molecule has 0 saturated heterocycles. The Hall–Kier alpha value is -0.580. The summed E-state index contributed by atoms with van der Waals surface area (Å²) in [7, 11) is 0. The van der Waals surface area contributed by atoms with Crippen molar-refractivity contribution in [1.29, 1.82) is 0 Å². The average Bonchev–Trinajstić information content (AvgIpc) is 3.04. The number of carbonyl (C=O) groups is 1. The molecule has 92 valence electrons. The minimum absolute atomic E-state index is 0.394. The van der Waals surface area contributed by atoms with Gasteiger partial charge in [-0.25, -0.2) is 0 Å². The summed E-state index contributed by atoms with van der Waals surface area (Å²) >= 11 is 9.46. The van der Waals surface area contributed by atoms with Crippen molar-refractivity contribution in [1.82, 2.24) is 5.32 Å². The van der Waals surface area contributed by atoms with Crippen molar-refractivity contribution in [2.45, 2.75) is 18.9 Å². The van der Waals surface area contributed by atoms with Crippen LogP contribution in [0.2, 0.25) is 5.02 Å². The Morgan fingerprint density at radius 2 is 2.29 bits per heavy atom. The lowest BCUT2D eigenvalue weighted by Gasteiger charge is -2.17. The molecule has 1 atom stereocenters. The summed E-state index contributed by atoms with van der Waals surface area (Å²) in [5, 5.41) is 3.73. The van der Waals surface area contributed by atoms with Gasteiger partial charge >= 0.3 is 0 Å². The van der Waals surface area contributed by atoms with Gasteiger partial charge < -0.3 is 11.1 Å². The fourth-order valence-corrected chi connectivity index (χ4v) is 2.49. The molecule has 0 spiro atoms. The van der Waals surface area contributed by atoms with Gasteiger partial charge in [-0.05, 0) is 43.0 Å². The lowest BCUT2D eigenvalue weighted by molar-refractivity contribution is -0.120. The maximum Gasteiger partial charge on any atom is 0.239 e. The van der Waals surface area contributed by atoms with Crippen molar-refractivity contribution in [3.05, 3.63) is 33.3 Å². The van der Waals surface area contributed by atoms with Gasteiger partial charge in [0.15, 0.2) is 0 Å². The molecule has 1 aliphatic rings. The van der Waals surface area contributed by atoms with Crippen molar-refractivity contribution in [2.75, 3.05) is 6.54 Å². The first-order chi connectivity index (χ1) is 8.08. The molecule has 1 unspecified atom stereocenters. The largest absolute Gasteiger partial charge is 0.368 e. The van der Waals surface area contributed by atoms with E-state index in [-0.39, 0.29) is 0 Å². The van der Waals surface area contributed by atoms with Gasteiger partial charge in [0.2, 0.25) is 5.91 Å².